The third-order valence-electron chi connectivity index (χ3n) is 5.97. The molecule has 0 saturated carbocycles. The van der Waals surface area contributed by atoms with Crippen molar-refractivity contribution in [2.45, 2.75) is 29.1 Å². The Kier molecular flexibility index (Phi) is 11.8. The molecule has 0 aliphatic rings. The summed E-state index contributed by atoms with van der Waals surface area (Å²) in [6.07, 6.45) is 1.53. The van der Waals surface area contributed by atoms with Crippen molar-refractivity contribution >= 4 is 69.7 Å². The first-order chi connectivity index (χ1) is 21.3. The molecule has 0 bridgehead atoms. The van der Waals surface area contributed by atoms with Gasteiger partial charge in [0, 0.05) is 33.2 Å². The molecule has 4 rings (SSSR count). The molecule has 1 unspecified atom stereocenters. The van der Waals surface area contributed by atoms with Gasteiger partial charge < -0.3 is 20.1 Å². The summed E-state index contributed by atoms with van der Waals surface area (Å²) in [6.45, 7) is 3.82. The lowest BCUT2D eigenvalue weighted by Crippen LogP contribution is -2.30. The molecule has 228 valence electrons. The Morgan fingerprint density at radius 3 is 2.41 bits per heavy atom. The molecule has 1 heterocycles. The molecule has 0 fully saturated rings. The minimum atomic E-state index is -0.537. The molecule has 44 heavy (non-hydrogen) atoms. The van der Waals surface area contributed by atoms with Crippen LogP contribution in [0.3, 0.4) is 0 Å². The van der Waals surface area contributed by atoms with Crippen LogP contribution in [0.2, 0.25) is 0 Å². The quantitative estimate of drug-likeness (QED) is 0.115. The summed E-state index contributed by atoms with van der Waals surface area (Å²) in [5.41, 5.74) is 1.45. The maximum absolute atomic E-state index is 13.5. The van der Waals surface area contributed by atoms with Gasteiger partial charge in [-0.25, -0.2) is 0 Å². The molecule has 0 aliphatic carbocycles. The SMILES string of the molecule is CCSc1nsc(NC(=O)C(C)Sc2ccc(NC(=O)/C(=C/c3cc(OC)ccc3OC)NC(=O)c3ccccc3)cc2)n1. The van der Waals surface area contributed by atoms with E-state index in [1.165, 1.54) is 43.8 Å². The van der Waals surface area contributed by atoms with E-state index in [2.05, 4.69) is 25.3 Å². The predicted octanol–water partition coefficient (Wildman–Crippen LogP) is 6.20. The van der Waals surface area contributed by atoms with Crippen LogP contribution in [0.25, 0.3) is 6.08 Å². The second kappa shape index (κ2) is 15.9. The van der Waals surface area contributed by atoms with Crippen molar-refractivity contribution in [2.75, 3.05) is 30.6 Å². The van der Waals surface area contributed by atoms with Crippen molar-refractivity contribution < 1.29 is 23.9 Å². The van der Waals surface area contributed by atoms with E-state index in [0.717, 1.165) is 22.2 Å². The molecular formula is C31H31N5O5S3. The number of methoxy groups -OCH3 is 2. The second-order valence-electron chi connectivity index (χ2n) is 9.03. The van der Waals surface area contributed by atoms with E-state index >= 15 is 0 Å². The summed E-state index contributed by atoms with van der Waals surface area (Å²) in [5.74, 6) is 0.742. The normalized spacial score (nSPS) is 11.8. The fourth-order valence-corrected chi connectivity index (χ4v) is 5.92. The second-order valence-corrected chi connectivity index (χ2v) is 12.4. The Labute approximate surface area is 268 Å². The van der Waals surface area contributed by atoms with Gasteiger partial charge in [0.05, 0.1) is 19.5 Å². The lowest BCUT2D eigenvalue weighted by Gasteiger charge is -2.14. The van der Waals surface area contributed by atoms with E-state index in [9.17, 15) is 14.4 Å². The molecule has 0 saturated heterocycles. The Morgan fingerprint density at radius 1 is 0.977 bits per heavy atom. The van der Waals surface area contributed by atoms with E-state index in [4.69, 9.17) is 9.47 Å². The van der Waals surface area contributed by atoms with Crippen LogP contribution in [0.4, 0.5) is 10.8 Å². The van der Waals surface area contributed by atoms with Crippen LogP contribution in [0, 0.1) is 0 Å². The zero-order valence-electron chi connectivity index (χ0n) is 24.5. The van der Waals surface area contributed by atoms with Gasteiger partial charge >= 0.3 is 0 Å². The zero-order valence-corrected chi connectivity index (χ0v) is 26.9. The van der Waals surface area contributed by atoms with Crippen LogP contribution in [0.5, 0.6) is 11.5 Å². The van der Waals surface area contributed by atoms with E-state index in [1.807, 2.05) is 19.1 Å². The number of amides is 3. The Balaban J connectivity index is 1.47. The molecule has 3 aromatic carbocycles. The van der Waals surface area contributed by atoms with Gasteiger partial charge in [-0.2, -0.15) is 9.36 Å². The molecule has 1 atom stereocenters. The molecule has 1 aromatic heterocycles. The van der Waals surface area contributed by atoms with E-state index in [0.29, 0.717) is 38.6 Å². The number of hydrogen-bond acceptors (Lipinski definition) is 10. The first kappa shape index (κ1) is 32.6. The van der Waals surface area contributed by atoms with Crippen molar-refractivity contribution in [3.8, 4) is 11.5 Å². The molecule has 0 spiro atoms. The number of hydrogen-bond donors (Lipinski definition) is 3. The number of carbonyl (C=O) groups is 3. The molecule has 3 N–H and O–H groups in total. The highest BCUT2D eigenvalue weighted by atomic mass is 32.2. The largest absolute Gasteiger partial charge is 0.497 e. The molecule has 4 aromatic rings. The topological polar surface area (TPSA) is 132 Å². The van der Waals surface area contributed by atoms with Gasteiger partial charge in [-0.15, -0.1) is 11.8 Å². The summed E-state index contributed by atoms with van der Waals surface area (Å²) in [7, 11) is 3.06. The summed E-state index contributed by atoms with van der Waals surface area (Å²) in [6, 6.07) is 20.8. The monoisotopic (exact) mass is 649 g/mol. The number of carbonyl (C=O) groups excluding carboxylic acids is 3. The first-order valence-electron chi connectivity index (χ1n) is 13.4. The fraction of sp³-hybridized carbons (Fsp3) is 0.194. The van der Waals surface area contributed by atoms with Crippen molar-refractivity contribution in [1.82, 2.24) is 14.7 Å². The third kappa shape index (κ3) is 9.09. The van der Waals surface area contributed by atoms with Gasteiger partial charge in [-0.3, -0.25) is 19.7 Å². The summed E-state index contributed by atoms with van der Waals surface area (Å²) < 4.78 is 15.0. The van der Waals surface area contributed by atoms with Crippen LogP contribution < -0.4 is 25.4 Å². The maximum Gasteiger partial charge on any atom is 0.272 e. The summed E-state index contributed by atoms with van der Waals surface area (Å²) >= 11 is 4.03. The highest BCUT2D eigenvalue weighted by Gasteiger charge is 2.19. The summed E-state index contributed by atoms with van der Waals surface area (Å²) in [5, 5.41) is 9.08. The number of nitrogens with zero attached hydrogens (tertiary/aromatic N) is 2. The minimum Gasteiger partial charge on any atom is -0.497 e. The summed E-state index contributed by atoms with van der Waals surface area (Å²) in [4.78, 5) is 44.3. The van der Waals surface area contributed by atoms with Crippen LogP contribution in [0.1, 0.15) is 29.8 Å². The predicted molar refractivity (Wildman–Crippen MR) is 177 cm³/mol. The van der Waals surface area contributed by atoms with E-state index < -0.39 is 17.1 Å². The number of ether oxygens (including phenoxy) is 2. The number of nitrogens with one attached hydrogen (secondary N) is 3. The van der Waals surface area contributed by atoms with Crippen LogP contribution in [-0.4, -0.2) is 52.3 Å². The Morgan fingerprint density at radius 2 is 1.73 bits per heavy atom. The van der Waals surface area contributed by atoms with Gasteiger partial charge in [0.2, 0.25) is 16.2 Å². The van der Waals surface area contributed by atoms with Crippen molar-refractivity contribution in [1.29, 1.82) is 0 Å². The molecule has 0 aliphatic heterocycles. The molecule has 13 heteroatoms. The zero-order chi connectivity index (χ0) is 31.5. The smallest absolute Gasteiger partial charge is 0.272 e. The minimum absolute atomic E-state index is 0.00585. The van der Waals surface area contributed by atoms with Gasteiger partial charge in [-0.1, -0.05) is 36.9 Å². The molecular weight excluding hydrogens is 619 g/mol. The number of rotatable bonds is 13. The number of thioether (sulfide) groups is 2. The van der Waals surface area contributed by atoms with Gasteiger partial charge in [-0.05, 0) is 73.3 Å². The van der Waals surface area contributed by atoms with Crippen LogP contribution >= 0.6 is 35.1 Å². The number of benzene rings is 3. The maximum atomic E-state index is 13.5. The number of aromatic nitrogens is 2. The van der Waals surface area contributed by atoms with E-state index in [1.54, 1.807) is 67.6 Å². The lowest BCUT2D eigenvalue weighted by molar-refractivity contribution is -0.115. The van der Waals surface area contributed by atoms with E-state index in [-0.39, 0.29) is 11.6 Å². The number of anilines is 2. The standard InChI is InChI=1S/C31H31N5O5S3/c1-5-42-31-35-30(44-36-31)34-27(37)19(2)43-24-14-11-22(12-15-24)32-29(39)25(33-28(38)20-9-7-6-8-10-20)18-21-17-23(40-3)13-16-26(21)41-4/h6-19H,5H2,1-4H3,(H,32,39)(H,33,38)(H,34,35,36,37)/b25-18-. The Bertz CT molecular complexity index is 1630. The highest BCUT2D eigenvalue weighted by molar-refractivity contribution is 8.00. The molecule has 3 amide bonds. The lowest BCUT2D eigenvalue weighted by atomic mass is 10.1. The van der Waals surface area contributed by atoms with Crippen molar-refractivity contribution in [2.24, 2.45) is 0 Å². The Hall–Kier alpha value is -4.33. The fourth-order valence-electron chi connectivity index (χ4n) is 3.78. The van der Waals surface area contributed by atoms with Gasteiger partial charge in [0.15, 0.2) is 0 Å². The van der Waals surface area contributed by atoms with Gasteiger partial charge in [0.1, 0.15) is 17.2 Å². The van der Waals surface area contributed by atoms with Crippen LogP contribution in [-0.2, 0) is 9.59 Å². The molecule has 10 nitrogen and oxygen atoms in total. The third-order valence-corrected chi connectivity index (χ3v) is 8.56. The van der Waals surface area contributed by atoms with Crippen LogP contribution in [0.15, 0.2) is 88.5 Å². The average molecular weight is 650 g/mol. The highest BCUT2D eigenvalue weighted by Crippen LogP contribution is 2.28. The van der Waals surface area contributed by atoms with Crippen molar-refractivity contribution in [3.05, 3.63) is 89.6 Å². The first-order valence-corrected chi connectivity index (χ1v) is 16.1. The molecule has 0 radical (unpaired) electrons. The van der Waals surface area contributed by atoms with Crippen molar-refractivity contribution in [3.63, 3.8) is 0 Å². The average Bonchev–Trinajstić information content (AvgIpc) is 3.48. The van der Waals surface area contributed by atoms with Gasteiger partial charge in [0.25, 0.3) is 11.8 Å².